The molecule has 0 unspecified atom stereocenters. The lowest BCUT2D eigenvalue weighted by molar-refractivity contribution is -0.0390. The fourth-order valence-corrected chi connectivity index (χ4v) is 16.9. The third-order valence-electron chi connectivity index (χ3n) is 20.0. The maximum atomic E-state index is 14.6. The van der Waals surface area contributed by atoms with Gasteiger partial charge in [-0.3, -0.25) is 9.59 Å². The third-order valence-corrected chi connectivity index (χ3v) is 24.2. The predicted octanol–water partition coefficient (Wildman–Crippen LogP) is 11.7. The molecule has 4 bridgehead atoms. The minimum Gasteiger partial charge on any atom is -0.490 e. The highest BCUT2D eigenvalue weighted by Crippen LogP contribution is 2.49. The van der Waals surface area contributed by atoms with Gasteiger partial charge in [-0.2, -0.15) is 0 Å². The second-order valence-corrected chi connectivity index (χ2v) is 30.7. The first kappa shape index (κ1) is 64.4. The van der Waals surface area contributed by atoms with Gasteiger partial charge in [0.15, 0.2) is 0 Å². The fourth-order valence-electron chi connectivity index (χ4n) is 14.2. The first-order chi connectivity index (χ1) is 42.4. The number of fused-ring (bicyclic) bond motifs is 7. The molecule has 2 saturated carbocycles. The lowest BCUT2D eigenvalue weighted by Crippen LogP contribution is -2.49. The van der Waals surface area contributed by atoms with Gasteiger partial charge in [-0.25, -0.2) is 26.3 Å². The summed E-state index contributed by atoms with van der Waals surface area (Å²) in [5.41, 5.74) is 6.63. The summed E-state index contributed by atoms with van der Waals surface area (Å²) in [6.07, 6.45) is 18.1. The number of carbonyl (C=O) groups excluding carboxylic acids is 2. The van der Waals surface area contributed by atoms with Crippen molar-refractivity contribution in [2.75, 3.05) is 76.1 Å². The van der Waals surface area contributed by atoms with Crippen molar-refractivity contribution in [2.45, 2.75) is 146 Å². The van der Waals surface area contributed by atoms with Crippen LogP contribution in [0.2, 0.25) is 10.0 Å². The molecular weight excluding hydrogens is 1200 g/mol. The van der Waals surface area contributed by atoms with Crippen molar-refractivity contribution in [3.63, 3.8) is 0 Å². The van der Waals surface area contributed by atoms with E-state index >= 15 is 0 Å². The van der Waals surface area contributed by atoms with Gasteiger partial charge in [0.25, 0.3) is 11.8 Å². The van der Waals surface area contributed by atoms with Crippen LogP contribution in [0, 0.1) is 29.6 Å². The average molecular weight is 1290 g/mol. The zero-order chi connectivity index (χ0) is 61.7. The van der Waals surface area contributed by atoms with Crippen molar-refractivity contribution in [3.8, 4) is 11.5 Å². The van der Waals surface area contributed by atoms with Crippen LogP contribution < -0.4 is 28.7 Å². The molecule has 16 nitrogen and oxygen atoms in total. The van der Waals surface area contributed by atoms with Crippen LogP contribution in [0.15, 0.2) is 91.0 Å². The van der Waals surface area contributed by atoms with Crippen molar-refractivity contribution >= 4 is 66.4 Å². The Bertz CT molecular complexity index is 3470. The second kappa shape index (κ2) is 28.1. The number of methoxy groups -OCH3 is 1. The number of aryl methyl sites for hydroxylation is 2. The largest absolute Gasteiger partial charge is 0.490 e. The molecule has 1 spiro atoms. The van der Waals surface area contributed by atoms with E-state index in [4.69, 9.17) is 51.6 Å². The number of benzene rings is 4. The van der Waals surface area contributed by atoms with Crippen LogP contribution in [-0.2, 0) is 70.5 Å². The van der Waals surface area contributed by atoms with Crippen LogP contribution >= 0.6 is 23.2 Å². The summed E-state index contributed by atoms with van der Waals surface area (Å²) in [4.78, 5) is 33.0. The molecule has 88 heavy (non-hydrogen) atoms. The van der Waals surface area contributed by atoms with E-state index in [-0.39, 0.29) is 79.2 Å². The summed E-state index contributed by atoms with van der Waals surface area (Å²) < 4.78 is 99.6. The number of rotatable bonds is 10. The summed E-state index contributed by atoms with van der Waals surface area (Å²) in [6, 6.07) is 20.8. The molecule has 476 valence electrons. The second-order valence-electron chi connectivity index (χ2n) is 25.7. The molecule has 2 amide bonds. The van der Waals surface area contributed by atoms with Gasteiger partial charge in [0, 0.05) is 65.4 Å². The first-order valence-electron chi connectivity index (χ1n) is 31.8. The summed E-state index contributed by atoms with van der Waals surface area (Å²) in [7, 11) is -6.50. The molecule has 7 aliphatic rings. The van der Waals surface area contributed by atoms with Crippen LogP contribution in [0.5, 0.6) is 11.5 Å². The van der Waals surface area contributed by atoms with Gasteiger partial charge in [-0.15, -0.1) is 0 Å². The molecule has 4 heterocycles. The number of ether oxygens (including phenoxy) is 6. The Morgan fingerprint density at radius 1 is 0.670 bits per heavy atom. The molecule has 10 atom stereocenters. The van der Waals surface area contributed by atoms with Gasteiger partial charge in [0.2, 0.25) is 20.0 Å². The SMILES string of the molecule is COCCO[C@H]1/C=C/C[C@H](C)[C@@H](C)S(=O)(=O)NC(=O)c2cc(COCCO[C@H]3/C=C/CC[C@@H](C)S(=O)(=O)NC(=O)c4ccc5c(c4)N(CCCCc4cc(Cl)ccc4CO5)C[C@@H]4CC[C@H]43)c3c(c2)N(C[C@@H]2CC[C@H]21)C[C@@]1(CCCc2cc(Cl)ccc21)CO3. The van der Waals surface area contributed by atoms with Crippen molar-refractivity contribution < 1.29 is 54.8 Å². The molecule has 0 radical (unpaired) electrons. The van der Waals surface area contributed by atoms with Gasteiger partial charge in [-0.05, 0) is 204 Å². The lowest BCUT2D eigenvalue weighted by atomic mass is 9.68. The van der Waals surface area contributed by atoms with E-state index in [1.54, 1.807) is 51.3 Å². The van der Waals surface area contributed by atoms with E-state index in [0.717, 1.165) is 81.0 Å². The van der Waals surface area contributed by atoms with Gasteiger partial charge < -0.3 is 38.2 Å². The Morgan fingerprint density at radius 2 is 1.35 bits per heavy atom. The topological polar surface area (TPSA) is 188 Å². The van der Waals surface area contributed by atoms with E-state index in [1.165, 1.54) is 11.1 Å². The molecule has 4 aliphatic heterocycles. The van der Waals surface area contributed by atoms with E-state index in [1.807, 2.05) is 43.3 Å². The number of amides is 2. The number of halogens is 2. The number of nitrogens with one attached hydrogen (secondary N) is 2. The summed E-state index contributed by atoms with van der Waals surface area (Å²) in [5.74, 6) is 0.261. The molecule has 0 saturated heterocycles. The van der Waals surface area contributed by atoms with E-state index < -0.39 is 47.8 Å². The maximum Gasteiger partial charge on any atom is 0.264 e. The van der Waals surface area contributed by atoms with Crippen LogP contribution in [0.3, 0.4) is 0 Å². The molecule has 0 aromatic heterocycles. The predicted molar refractivity (Wildman–Crippen MR) is 344 cm³/mol. The standard InChI is InChI=1S/C68H86Cl2N4O12S2/c1-44-11-9-16-63(83-31-29-81-4)58-24-19-51(58)39-74-42-68(27-10-14-48-35-56(70)22-25-59(48)68)43-86-65-54(33-53(37-61(65)74)67(76)72-88(79,80)46(44)3)40-82-30-32-84-62-15-6-5-12-45(2)87(77,78)71-66(75)49-20-26-64-60(36-49)73(38-50-18-23-57(50)62)28-8-7-13-47-34-55(69)21-17-52(47)41-85-64/h6,9,15-17,20-22,25-26,33-37,44-46,50-51,57-58,62-63H,5,7-8,10-14,18-19,23-24,27-32,38-43H2,1-4H3,(H,71,75)(H,72,76)/b15-6+,16-9+/t44-,45+,46+,50-,51-,57+,58+,62-,63-,68-/m0/s1. The number of sulfonamides is 2. The summed E-state index contributed by atoms with van der Waals surface area (Å²) >= 11 is 13.1. The number of carbonyl (C=O) groups is 2. The molecule has 3 aliphatic carbocycles. The Balaban J connectivity index is 0.875. The number of allylic oxidation sites excluding steroid dienone is 2. The van der Waals surface area contributed by atoms with E-state index in [9.17, 15) is 26.4 Å². The Hall–Kier alpha value is -5.18. The highest BCUT2D eigenvalue weighted by Gasteiger charge is 2.46. The molecular formula is C68H86Cl2N4O12S2. The zero-order valence-corrected chi connectivity index (χ0v) is 54.3. The minimum atomic E-state index is -4.13. The highest BCUT2D eigenvalue weighted by atomic mass is 35.5. The average Bonchev–Trinajstić information content (AvgIpc) is 1.68. The van der Waals surface area contributed by atoms with Gasteiger partial charge >= 0.3 is 0 Å². The molecule has 4 aromatic carbocycles. The van der Waals surface area contributed by atoms with Crippen molar-refractivity contribution in [1.29, 1.82) is 0 Å². The van der Waals surface area contributed by atoms with Gasteiger partial charge in [0.05, 0.1) is 73.7 Å². The van der Waals surface area contributed by atoms with E-state index in [2.05, 4.69) is 43.5 Å². The molecule has 4 aromatic rings. The number of hydrogen-bond donors (Lipinski definition) is 2. The van der Waals surface area contributed by atoms with Gasteiger partial charge in [-0.1, -0.05) is 66.6 Å². The number of hydrogen-bond acceptors (Lipinski definition) is 14. The summed E-state index contributed by atoms with van der Waals surface area (Å²) in [5, 5.41) is -0.373. The van der Waals surface area contributed by atoms with Crippen molar-refractivity contribution in [3.05, 3.63) is 140 Å². The molecule has 11 rings (SSSR count). The zero-order valence-electron chi connectivity index (χ0n) is 51.2. The molecule has 2 N–H and O–H groups in total. The minimum absolute atomic E-state index is 0.0400. The quantitative estimate of drug-likeness (QED) is 0.113. The monoisotopic (exact) mass is 1280 g/mol. The lowest BCUT2D eigenvalue weighted by Gasteiger charge is -2.46. The Morgan fingerprint density at radius 3 is 2.10 bits per heavy atom. The number of nitrogens with zero attached hydrogens (tertiary/aromatic N) is 2. The fraction of sp³-hybridized carbons (Fsp3) is 0.559. The third kappa shape index (κ3) is 14.6. The van der Waals surface area contributed by atoms with Crippen molar-refractivity contribution in [1.82, 2.24) is 9.44 Å². The molecule has 20 heteroatoms. The summed E-state index contributed by atoms with van der Waals surface area (Å²) in [6.45, 7) is 9.74. The van der Waals surface area contributed by atoms with Crippen LogP contribution in [0.1, 0.15) is 140 Å². The van der Waals surface area contributed by atoms with E-state index in [0.29, 0.717) is 98.2 Å². The van der Waals surface area contributed by atoms with Crippen LogP contribution in [0.4, 0.5) is 11.4 Å². The maximum absolute atomic E-state index is 14.6. The van der Waals surface area contributed by atoms with Crippen molar-refractivity contribution in [2.24, 2.45) is 29.6 Å². The first-order valence-corrected chi connectivity index (χ1v) is 35.6. The smallest absolute Gasteiger partial charge is 0.264 e. The normalized spacial score (nSPS) is 29.6. The van der Waals surface area contributed by atoms with Crippen LogP contribution in [0.25, 0.3) is 0 Å². The van der Waals surface area contributed by atoms with Crippen LogP contribution in [-0.4, -0.2) is 118 Å². The highest BCUT2D eigenvalue weighted by molar-refractivity contribution is 7.91. The number of anilines is 2. The molecule has 2 fully saturated rings. The Labute approximate surface area is 530 Å². The Kier molecular flexibility index (Phi) is 20.6. The van der Waals surface area contributed by atoms with Gasteiger partial charge in [0.1, 0.15) is 18.1 Å².